The second-order valence-corrected chi connectivity index (χ2v) is 7.66. The monoisotopic (exact) mass is 509 g/mol. The summed E-state index contributed by atoms with van der Waals surface area (Å²) in [6.45, 7) is 4.44. The Balaban J connectivity index is 0.00000145. The Morgan fingerprint density at radius 2 is 1.83 bits per heavy atom. The van der Waals surface area contributed by atoms with Gasteiger partial charge in [0.05, 0.1) is 24.1 Å². The number of aliphatic hydroxyl groups excluding tert-OH is 1. The first-order valence-corrected chi connectivity index (χ1v) is 11.1. The zero-order valence-corrected chi connectivity index (χ0v) is 20.5. The number of aliphatic hydroxyl groups is 1. The third-order valence-corrected chi connectivity index (χ3v) is 4.95. The number of amides is 2. The topological polar surface area (TPSA) is 140 Å². The molecule has 1 aromatic carbocycles. The first kappa shape index (κ1) is 28.5. The Labute approximate surface area is 206 Å². The standard InChI is InChI=1S/C21H23F3N6O3.C2H7N/c1-4-12-9-13(5-6-14(12)19(32)25-7-8-31)27-20(33)18-26-10-16(30(18)3)15-11-29(2)28-17(15)21(22,23)24;1-2-3/h5-6,9-11,31H,4,7-8H2,1-3H3,(H,25,32)(H,27,33);2-3H2,1H3. The summed E-state index contributed by atoms with van der Waals surface area (Å²) in [7, 11) is 2.82. The molecule has 0 atom stereocenters. The molecule has 3 rings (SSSR count). The van der Waals surface area contributed by atoms with Crippen molar-refractivity contribution in [1.82, 2.24) is 24.6 Å². The van der Waals surface area contributed by atoms with Gasteiger partial charge in [0.2, 0.25) is 0 Å². The average Bonchev–Trinajstić information content (AvgIpc) is 3.40. The number of hydrogen-bond donors (Lipinski definition) is 4. The fraction of sp³-hybridized carbons (Fsp3) is 0.391. The van der Waals surface area contributed by atoms with Crippen LogP contribution in [0.4, 0.5) is 18.9 Å². The van der Waals surface area contributed by atoms with Gasteiger partial charge in [0.25, 0.3) is 11.8 Å². The second-order valence-electron chi connectivity index (χ2n) is 7.66. The number of rotatable bonds is 7. The largest absolute Gasteiger partial charge is 0.435 e. The molecule has 3 aromatic rings. The maximum Gasteiger partial charge on any atom is 0.435 e. The molecule has 0 bridgehead atoms. The molecule has 2 heterocycles. The highest BCUT2D eigenvalue weighted by atomic mass is 19.4. The molecule has 2 aromatic heterocycles. The molecular weight excluding hydrogens is 479 g/mol. The average molecular weight is 510 g/mol. The van der Waals surface area contributed by atoms with Crippen LogP contribution in [-0.2, 0) is 26.7 Å². The van der Waals surface area contributed by atoms with E-state index in [4.69, 9.17) is 10.8 Å². The van der Waals surface area contributed by atoms with E-state index in [2.05, 4.69) is 20.7 Å². The number of imidazole rings is 1. The Bertz CT molecular complexity index is 1200. The summed E-state index contributed by atoms with van der Waals surface area (Å²) in [5.74, 6) is -1.06. The van der Waals surface area contributed by atoms with Gasteiger partial charge >= 0.3 is 6.18 Å². The maximum absolute atomic E-state index is 13.3. The first-order chi connectivity index (χ1) is 17.0. The highest BCUT2D eigenvalue weighted by molar-refractivity contribution is 6.03. The molecule has 196 valence electrons. The van der Waals surface area contributed by atoms with Crippen molar-refractivity contribution in [2.75, 3.05) is 25.0 Å². The molecule has 2 amide bonds. The summed E-state index contributed by atoms with van der Waals surface area (Å²) >= 11 is 0. The summed E-state index contributed by atoms with van der Waals surface area (Å²) in [6.07, 6.45) is -1.74. The van der Waals surface area contributed by atoms with Gasteiger partial charge in [-0.15, -0.1) is 0 Å². The molecule has 0 fully saturated rings. The highest BCUT2D eigenvalue weighted by Gasteiger charge is 2.38. The van der Waals surface area contributed by atoms with Crippen molar-refractivity contribution in [2.45, 2.75) is 26.4 Å². The fourth-order valence-electron chi connectivity index (χ4n) is 3.39. The van der Waals surface area contributed by atoms with E-state index in [9.17, 15) is 22.8 Å². The lowest BCUT2D eigenvalue weighted by atomic mass is 10.0. The van der Waals surface area contributed by atoms with E-state index < -0.39 is 17.8 Å². The predicted molar refractivity (Wildman–Crippen MR) is 128 cm³/mol. The molecule has 10 nitrogen and oxygen atoms in total. The van der Waals surface area contributed by atoms with Crippen molar-refractivity contribution in [1.29, 1.82) is 0 Å². The van der Waals surface area contributed by atoms with E-state index in [1.165, 1.54) is 37.1 Å². The smallest absolute Gasteiger partial charge is 0.395 e. The van der Waals surface area contributed by atoms with Crippen LogP contribution in [0.3, 0.4) is 0 Å². The Morgan fingerprint density at radius 3 is 2.42 bits per heavy atom. The number of nitrogens with zero attached hydrogens (tertiary/aromatic N) is 4. The van der Waals surface area contributed by atoms with Gasteiger partial charge in [-0.25, -0.2) is 4.98 Å². The summed E-state index contributed by atoms with van der Waals surface area (Å²) in [5, 5.41) is 17.6. The number of nitrogens with two attached hydrogens (primary N) is 1. The summed E-state index contributed by atoms with van der Waals surface area (Å²) in [4.78, 5) is 29.0. The van der Waals surface area contributed by atoms with Gasteiger partial charge in [0.15, 0.2) is 11.5 Å². The lowest BCUT2D eigenvalue weighted by molar-refractivity contribution is -0.141. The van der Waals surface area contributed by atoms with E-state index in [1.807, 2.05) is 13.8 Å². The van der Waals surface area contributed by atoms with Crippen molar-refractivity contribution < 1.29 is 27.9 Å². The van der Waals surface area contributed by atoms with Gasteiger partial charge in [-0.2, -0.15) is 18.3 Å². The molecule has 0 saturated carbocycles. The number of alkyl halides is 3. The molecule has 5 N–H and O–H groups in total. The minimum atomic E-state index is -4.66. The number of nitrogens with one attached hydrogen (secondary N) is 2. The lowest BCUT2D eigenvalue weighted by Crippen LogP contribution is -2.27. The van der Waals surface area contributed by atoms with Crippen LogP contribution >= 0.6 is 0 Å². The van der Waals surface area contributed by atoms with Crippen LogP contribution in [0.2, 0.25) is 0 Å². The van der Waals surface area contributed by atoms with Gasteiger partial charge < -0.3 is 26.0 Å². The van der Waals surface area contributed by atoms with Crippen molar-refractivity contribution in [2.24, 2.45) is 19.8 Å². The lowest BCUT2D eigenvalue weighted by Gasteiger charge is -2.12. The number of benzene rings is 1. The summed E-state index contributed by atoms with van der Waals surface area (Å²) in [5.41, 5.74) is 5.17. The molecule has 36 heavy (non-hydrogen) atoms. The zero-order valence-electron chi connectivity index (χ0n) is 20.5. The first-order valence-electron chi connectivity index (χ1n) is 11.1. The number of carbonyl (C=O) groups is 2. The van der Waals surface area contributed by atoms with E-state index in [0.717, 1.165) is 11.2 Å². The second kappa shape index (κ2) is 12.3. The van der Waals surface area contributed by atoms with Crippen LogP contribution in [0.1, 0.15) is 46.1 Å². The molecule has 0 radical (unpaired) electrons. The highest BCUT2D eigenvalue weighted by Crippen LogP contribution is 2.36. The Kier molecular flexibility index (Phi) is 9.76. The minimum Gasteiger partial charge on any atom is -0.395 e. The van der Waals surface area contributed by atoms with Crippen LogP contribution in [0.5, 0.6) is 0 Å². The van der Waals surface area contributed by atoms with E-state index >= 15 is 0 Å². The normalized spacial score (nSPS) is 11.0. The molecule has 0 spiro atoms. The van der Waals surface area contributed by atoms with Crippen LogP contribution in [0.25, 0.3) is 11.3 Å². The minimum absolute atomic E-state index is 0.0886. The molecule has 0 unspecified atom stereocenters. The number of halogens is 3. The van der Waals surface area contributed by atoms with Crippen molar-refractivity contribution in [3.63, 3.8) is 0 Å². The SMILES string of the molecule is CCN.CCc1cc(NC(=O)c2ncc(-c3cn(C)nc3C(F)(F)F)n2C)ccc1C(=O)NCCO. The van der Waals surface area contributed by atoms with Crippen molar-refractivity contribution in [3.05, 3.63) is 53.2 Å². The Morgan fingerprint density at radius 1 is 1.17 bits per heavy atom. The Hall–Kier alpha value is -3.71. The van der Waals surface area contributed by atoms with Gasteiger partial charge in [-0.1, -0.05) is 13.8 Å². The maximum atomic E-state index is 13.3. The van der Waals surface area contributed by atoms with Gasteiger partial charge in [0, 0.05) is 38.1 Å². The van der Waals surface area contributed by atoms with Crippen molar-refractivity contribution >= 4 is 17.5 Å². The third kappa shape index (κ3) is 6.70. The predicted octanol–water partition coefficient (Wildman–Crippen LogP) is 2.34. The molecule has 13 heteroatoms. The molecule has 0 aliphatic heterocycles. The third-order valence-electron chi connectivity index (χ3n) is 4.95. The van der Waals surface area contributed by atoms with E-state index in [0.29, 0.717) is 23.2 Å². The number of carbonyl (C=O) groups excluding carboxylic acids is 2. The fourth-order valence-corrected chi connectivity index (χ4v) is 3.39. The number of aromatic nitrogens is 4. The number of hydrogen-bond acceptors (Lipinski definition) is 6. The van der Waals surface area contributed by atoms with Crippen LogP contribution < -0.4 is 16.4 Å². The summed E-state index contributed by atoms with van der Waals surface area (Å²) < 4.78 is 42.3. The van der Waals surface area contributed by atoms with Gasteiger partial charge in [-0.05, 0) is 36.7 Å². The molecule has 0 aliphatic rings. The molecule has 0 aliphatic carbocycles. The van der Waals surface area contributed by atoms with Crippen LogP contribution in [0, 0.1) is 0 Å². The van der Waals surface area contributed by atoms with E-state index in [1.54, 1.807) is 12.1 Å². The van der Waals surface area contributed by atoms with E-state index in [-0.39, 0.29) is 36.1 Å². The van der Waals surface area contributed by atoms with Gasteiger partial charge in [0.1, 0.15) is 0 Å². The molecular formula is C23H30F3N7O3. The zero-order chi connectivity index (χ0) is 27.0. The quantitative estimate of drug-likeness (QED) is 0.386. The summed E-state index contributed by atoms with van der Waals surface area (Å²) in [6, 6.07) is 4.73. The van der Waals surface area contributed by atoms with Crippen molar-refractivity contribution in [3.8, 4) is 11.3 Å². The molecule has 0 saturated heterocycles. The van der Waals surface area contributed by atoms with Crippen LogP contribution in [-0.4, -0.2) is 55.9 Å². The number of anilines is 1. The van der Waals surface area contributed by atoms with Gasteiger partial charge in [-0.3, -0.25) is 14.3 Å². The number of aryl methyl sites for hydroxylation is 2. The van der Waals surface area contributed by atoms with Crippen LogP contribution in [0.15, 0.2) is 30.6 Å².